The molecule has 0 saturated carbocycles. The number of carbonyl (C=O) groups excluding carboxylic acids is 1. The quantitative estimate of drug-likeness (QED) is 0.712. The topological polar surface area (TPSA) is 115 Å². The van der Waals surface area contributed by atoms with Crippen molar-refractivity contribution in [1.29, 1.82) is 0 Å². The highest BCUT2D eigenvalue weighted by Crippen LogP contribution is 2.36. The lowest BCUT2D eigenvalue weighted by Crippen LogP contribution is -2.41. The van der Waals surface area contributed by atoms with Crippen molar-refractivity contribution in [3.05, 3.63) is 30.1 Å². The molecule has 1 atom stereocenters. The SMILES string of the molecule is CC1CN(c2nn(-c3cc[nH]n3)c3nccc(C(C)(C)C(N)=O)c23)CCO1. The van der Waals surface area contributed by atoms with Gasteiger partial charge in [-0.25, -0.2) is 4.98 Å². The zero-order valence-corrected chi connectivity index (χ0v) is 15.6. The van der Waals surface area contributed by atoms with Crippen LogP contribution in [0.25, 0.3) is 16.9 Å². The van der Waals surface area contributed by atoms with E-state index in [9.17, 15) is 4.79 Å². The number of anilines is 1. The number of H-pyrrole nitrogens is 1. The number of aromatic amines is 1. The van der Waals surface area contributed by atoms with Crippen LogP contribution in [-0.4, -0.2) is 56.7 Å². The zero-order valence-electron chi connectivity index (χ0n) is 15.6. The molecule has 142 valence electrons. The number of fused-ring (bicyclic) bond motifs is 1. The van der Waals surface area contributed by atoms with Gasteiger partial charge in [0.15, 0.2) is 17.3 Å². The molecule has 9 heteroatoms. The number of hydrogen-bond donors (Lipinski definition) is 2. The normalized spacial score (nSPS) is 18.2. The van der Waals surface area contributed by atoms with Crippen LogP contribution in [-0.2, 0) is 14.9 Å². The van der Waals surface area contributed by atoms with Gasteiger partial charge in [0.05, 0.1) is 23.5 Å². The van der Waals surface area contributed by atoms with Gasteiger partial charge in [0.25, 0.3) is 0 Å². The maximum Gasteiger partial charge on any atom is 0.227 e. The van der Waals surface area contributed by atoms with Crippen molar-refractivity contribution >= 4 is 22.8 Å². The lowest BCUT2D eigenvalue weighted by molar-refractivity contribution is -0.122. The monoisotopic (exact) mass is 369 g/mol. The summed E-state index contributed by atoms with van der Waals surface area (Å²) in [6.45, 7) is 7.71. The van der Waals surface area contributed by atoms with Gasteiger partial charge in [-0.05, 0) is 32.4 Å². The molecule has 3 aromatic heterocycles. The Labute approximate surface area is 156 Å². The molecule has 0 aromatic carbocycles. The summed E-state index contributed by atoms with van der Waals surface area (Å²) < 4.78 is 7.37. The molecule has 3 N–H and O–H groups in total. The summed E-state index contributed by atoms with van der Waals surface area (Å²) in [7, 11) is 0. The average Bonchev–Trinajstić information content (AvgIpc) is 3.28. The summed E-state index contributed by atoms with van der Waals surface area (Å²) >= 11 is 0. The second kappa shape index (κ2) is 6.34. The fourth-order valence-electron chi connectivity index (χ4n) is 3.44. The summed E-state index contributed by atoms with van der Waals surface area (Å²) in [6.07, 6.45) is 3.50. The van der Waals surface area contributed by atoms with Crippen LogP contribution in [0.15, 0.2) is 24.5 Å². The Kier molecular flexibility index (Phi) is 4.11. The molecule has 0 aliphatic carbocycles. The summed E-state index contributed by atoms with van der Waals surface area (Å²) in [5.41, 5.74) is 6.28. The molecule has 1 aliphatic heterocycles. The standard InChI is InChI=1S/C18H23N7O2/c1-11-10-24(8-9-27-11)16-14-12(18(2,3)17(19)26)4-6-20-15(14)25(23-16)13-5-7-21-22-13/h4-7,11H,8-10H2,1-3H3,(H2,19,26)(H,21,22). The van der Waals surface area contributed by atoms with Crippen LogP contribution in [0, 0.1) is 0 Å². The average molecular weight is 369 g/mol. The molecule has 4 heterocycles. The number of carbonyl (C=O) groups is 1. The molecule has 3 aromatic rings. The Bertz CT molecular complexity index is 977. The Balaban J connectivity index is 1.99. The number of rotatable bonds is 4. The maximum atomic E-state index is 12.2. The zero-order chi connectivity index (χ0) is 19.2. The van der Waals surface area contributed by atoms with Crippen molar-refractivity contribution in [2.45, 2.75) is 32.3 Å². The van der Waals surface area contributed by atoms with Crippen LogP contribution in [0.3, 0.4) is 0 Å². The second-order valence-corrected chi connectivity index (χ2v) is 7.34. The van der Waals surface area contributed by atoms with Gasteiger partial charge in [0.1, 0.15) is 0 Å². The third-order valence-electron chi connectivity index (χ3n) is 5.08. The van der Waals surface area contributed by atoms with Crippen LogP contribution in [0.2, 0.25) is 0 Å². The van der Waals surface area contributed by atoms with E-state index in [0.29, 0.717) is 31.2 Å². The van der Waals surface area contributed by atoms with E-state index in [1.807, 2.05) is 32.9 Å². The van der Waals surface area contributed by atoms with Gasteiger partial charge in [-0.2, -0.15) is 9.78 Å². The number of aromatic nitrogens is 5. The van der Waals surface area contributed by atoms with E-state index in [-0.39, 0.29) is 6.10 Å². The van der Waals surface area contributed by atoms with Gasteiger partial charge in [0, 0.05) is 31.5 Å². The van der Waals surface area contributed by atoms with E-state index < -0.39 is 11.3 Å². The third-order valence-corrected chi connectivity index (χ3v) is 5.08. The van der Waals surface area contributed by atoms with E-state index in [1.54, 1.807) is 17.1 Å². The number of nitrogens with two attached hydrogens (primary N) is 1. The van der Waals surface area contributed by atoms with Crippen molar-refractivity contribution in [3.63, 3.8) is 0 Å². The van der Waals surface area contributed by atoms with Crippen molar-refractivity contribution in [2.75, 3.05) is 24.6 Å². The number of pyridine rings is 1. The Morgan fingerprint density at radius 3 is 2.89 bits per heavy atom. The largest absolute Gasteiger partial charge is 0.375 e. The molecule has 0 spiro atoms. The van der Waals surface area contributed by atoms with Crippen LogP contribution < -0.4 is 10.6 Å². The fourth-order valence-corrected chi connectivity index (χ4v) is 3.44. The molecule has 1 amide bonds. The van der Waals surface area contributed by atoms with Crippen molar-refractivity contribution in [3.8, 4) is 5.82 Å². The van der Waals surface area contributed by atoms with Crippen molar-refractivity contribution in [2.24, 2.45) is 5.73 Å². The highest BCUT2D eigenvalue weighted by atomic mass is 16.5. The molecule has 1 saturated heterocycles. The Morgan fingerprint density at radius 2 is 2.22 bits per heavy atom. The number of ether oxygens (including phenoxy) is 1. The van der Waals surface area contributed by atoms with Gasteiger partial charge in [-0.15, -0.1) is 5.10 Å². The van der Waals surface area contributed by atoms with Gasteiger partial charge in [0.2, 0.25) is 5.91 Å². The van der Waals surface area contributed by atoms with Crippen LogP contribution in [0.1, 0.15) is 26.3 Å². The van der Waals surface area contributed by atoms with Gasteiger partial charge >= 0.3 is 0 Å². The van der Waals surface area contributed by atoms with E-state index in [4.69, 9.17) is 15.6 Å². The lowest BCUT2D eigenvalue weighted by Gasteiger charge is -2.32. The molecule has 0 radical (unpaired) electrons. The first kappa shape index (κ1) is 17.5. The molecular weight excluding hydrogens is 346 g/mol. The lowest BCUT2D eigenvalue weighted by atomic mass is 9.82. The van der Waals surface area contributed by atoms with Crippen molar-refractivity contribution in [1.82, 2.24) is 25.0 Å². The Hall–Kier alpha value is -2.94. The Morgan fingerprint density at radius 1 is 1.41 bits per heavy atom. The van der Waals surface area contributed by atoms with E-state index in [2.05, 4.69) is 20.1 Å². The molecule has 0 bridgehead atoms. The number of morpholine rings is 1. The minimum atomic E-state index is -0.868. The maximum absolute atomic E-state index is 12.2. The summed E-state index contributed by atoms with van der Waals surface area (Å²) in [5.74, 6) is 0.999. The number of nitrogens with one attached hydrogen (secondary N) is 1. The van der Waals surface area contributed by atoms with Crippen LogP contribution >= 0.6 is 0 Å². The number of primary amides is 1. The van der Waals surface area contributed by atoms with Crippen LogP contribution in [0.5, 0.6) is 0 Å². The van der Waals surface area contributed by atoms with Gasteiger partial charge in [-0.1, -0.05) is 0 Å². The summed E-state index contributed by atoms with van der Waals surface area (Å²) in [5, 5.41) is 12.7. The highest BCUT2D eigenvalue weighted by molar-refractivity contribution is 5.98. The molecule has 27 heavy (non-hydrogen) atoms. The molecule has 1 fully saturated rings. The van der Waals surface area contributed by atoms with E-state index >= 15 is 0 Å². The van der Waals surface area contributed by atoms with Crippen LogP contribution in [0.4, 0.5) is 5.82 Å². The number of nitrogens with zero attached hydrogens (tertiary/aromatic N) is 5. The predicted molar refractivity (Wildman–Crippen MR) is 101 cm³/mol. The second-order valence-electron chi connectivity index (χ2n) is 7.34. The van der Waals surface area contributed by atoms with Gasteiger partial charge in [-0.3, -0.25) is 9.89 Å². The van der Waals surface area contributed by atoms with Gasteiger partial charge < -0.3 is 15.4 Å². The summed E-state index contributed by atoms with van der Waals surface area (Å²) in [6, 6.07) is 3.67. The minimum absolute atomic E-state index is 0.0913. The molecule has 4 rings (SSSR count). The van der Waals surface area contributed by atoms with E-state index in [0.717, 1.165) is 16.8 Å². The smallest absolute Gasteiger partial charge is 0.227 e. The van der Waals surface area contributed by atoms with Crippen molar-refractivity contribution < 1.29 is 9.53 Å². The first-order chi connectivity index (χ1) is 12.9. The predicted octanol–water partition coefficient (Wildman–Crippen LogP) is 1.13. The molecule has 1 unspecified atom stereocenters. The fraction of sp³-hybridized carbons (Fsp3) is 0.444. The number of amides is 1. The third kappa shape index (κ3) is 2.84. The number of hydrogen-bond acceptors (Lipinski definition) is 6. The highest BCUT2D eigenvalue weighted by Gasteiger charge is 2.34. The molecule has 1 aliphatic rings. The molecular formula is C18H23N7O2. The molecule has 9 nitrogen and oxygen atoms in total. The first-order valence-electron chi connectivity index (χ1n) is 8.94. The summed E-state index contributed by atoms with van der Waals surface area (Å²) in [4.78, 5) is 18.9. The first-order valence-corrected chi connectivity index (χ1v) is 8.94. The van der Waals surface area contributed by atoms with E-state index in [1.165, 1.54) is 0 Å². The minimum Gasteiger partial charge on any atom is -0.375 e.